The summed E-state index contributed by atoms with van der Waals surface area (Å²) >= 11 is 0. The second kappa shape index (κ2) is 5.96. The molecule has 8 heteroatoms. The number of benzene rings is 1. The molecule has 0 fully saturated rings. The van der Waals surface area contributed by atoms with Crippen molar-refractivity contribution in [3.63, 3.8) is 0 Å². The molecule has 0 saturated heterocycles. The average Bonchev–Trinajstić information content (AvgIpc) is 2.83. The first-order valence-electron chi connectivity index (χ1n) is 6.02. The van der Waals surface area contributed by atoms with Crippen LogP contribution in [0.4, 0.5) is 5.88 Å². The number of carbonyl (C=O) groups excluding carboxylic acids is 1. The number of hydrogen-bond acceptors (Lipinski definition) is 6. The molecule has 0 atom stereocenters. The zero-order chi connectivity index (χ0) is 15.5. The van der Waals surface area contributed by atoms with Gasteiger partial charge in [0.1, 0.15) is 0 Å². The highest BCUT2D eigenvalue weighted by atomic mass is 32.2. The summed E-state index contributed by atoms with van der Waals surface area (Å²) in [5.74, 6) is -0.341. The van der Waals surface area contributed by atoms with Gasteiger partial charge in [-0.1, -0.05) is 17.3 Å². The number of aryl methyl sites for hydroxylation is 1. The fourth-order valence-corrected chi connectivity index (χ4v) is 2.60. The summed E-state index contributed by atoms with van der Waals surface area (Å²) in [5.41, 5.74) is 1.23. The molecule has 0 aliphatic carbocycles. The second-order valence-corrected chi connectivity index (χ2v) is 6.02. The Kier molecular flexibility index (Phi) is 4.27. The van der Waals surface area contributed by atoms with Crippen molar-refractivity contribution in [2.75, 3.05) is 11.8 Å². The number of esters is 1. The maximum Gasteiger partial charge on any atom is 0.309 e. The van der Waals surface area contributed by atoms with Crippen LogP contribution in [0.1, 0.15) is 11.3 Å². The smallest absolute Gasteiger partial charge is 0.309 e. The van der Waals surface area contributed by atoms with E-state index in [1.807, 2.05) is 0 Å². The summed E-state index contributed by atoms with van der Waals surface area (Å²) in [5, 5.41) is 3.60. The van der Waals surface area contributed by atoms with Gasteiger partial charge >= 0.3 is 5.97 Å². The van der Waals surface area contributed by atoms with Crippen molar-refractivity contribution in [3.05, 3.63) is 41.6 Å². The van der Waals surface area contributed by atoms with Crippen LogP contribution < -0.4 is 4.72 Å². The van der Waals surface area contributed by atoms with Crippen molar-refractivity contribution >= 4 is 21.9 Å². The van der Waals surface area contributed by atoms with Crippen molar-refractivity contribution in [1.29, 1.82) is 0 Å². The van der Waals surface area contributed by atoms with Crippen LogP contribution in [0.3, 0.4) is 0 Å². The molecule has 2 rings (SSSR count). The lowest BCUT2D eigenvalue weighted by atomic mass is 10.2. The van der Waals surface area contributed by atoms with Gasteiger partial charge < -0.3 is 9.26 Å². The van der Waals surface area contributed by atoms with Gasteiger partial charge in [-0.25, -0.2) is 13.1 Å². The number of nitrogens with zero attached hydrogens (tertiary/aromatic N) is 1. The molecule has 2 aromatic rings. The van der Waals surface area contributed by atoms with Gasteiger partial charge in [-0.05, 0) is 24.6 Å². The largest absolute Gasteiger partial charge is 0.469 e. The maximum atomic E-state index is 12.1. The summed E-state index contributed by atoms with van der Waals surface area (Å²) in [7, 11) is -2.45. The SMILES string of the molecule is COC(=O)Cc1ccc(S(=O)(=O)Nc2cc(C)no2)cc1. The topological polar surface area (TPSA) is 98.5 Å². The summed E-state index contributed by atoms with van der Waals surface area (Å²) in [4.78, 5) is 11.2. The Morgan fingerprint density at radius 1 is 1.33 bits per heavy atom. The van der Waals surface area contributed by atoms with Crippen LogP contribution in [0.15, 0.2) is 39.8 Å². The molecule has 0 unspecified atom stereocenters. The van der Waals surface area contributed by atoms with Crippen LogP contribution in [-0.4, -0.2) is 26.7 Å². The molecular weight excluding hydrogens is 296 g/mol. The standard InChI is InChI=1S/C13H14N2O5S/c1-9-7-12(20-14-9)15-21(17,18)11-5-3-10(4-6-11)8-13(16)19-2/h3-7,15H,8H2,1-2H3. The van der Waals surface area contributed by atoms with E-state index in [1.165, 1.54) is 25.3 Å². The lowest BCUT2D eigenvalue weighted by molar-refractivity contribution is -0.139. The van der Waals surface area contributed by atoms with Crippen LogP contribution in [0, 0.1) is 6.92 Å². The molecule has 1 N–H and O–H groups in total. The molecule has 0 saturated carbocycles. The minimum atomic E-state index is -3.75. The molecule has 0 radical (unpaired) electrons. The molecule has 7 nitrogen and oxygen atoms in total. The number of anilines is 1. The van der Waals surface area contributed by atoms with E-state index in [-0.39, 0.29) is 23.2 Å². The number of nitrogens with one attached hydrogen (secondary N) is 1. The van der Waals surface area contributed by atoms with Crippen LogP contribution in [-0.2, 0) is 26.0 Å². The lowest BCUT2D eigenvalue weighted by Gasteiger charge is -2.05. The molecule has 1 aromatic carbocycles. The first kappa shape index (κ1) is 15.0. The number of rotatable bonds is 5. The van der Waals surface area contributed by atoms with Crippen LogP contribution in [0.25, 0.3) is 0 Å². The number of methoxy groups -OCH3 is 1. The van der Waals surface area contributed by atoms with Gasteiger partial charge in [-0.2, -0.15) is 0 Å². The molecule has 0 aliphatic heterocycles. The molecule has 0 amide bonds. The minimum Gasteiger partial charge on any atom is -0.469 e. The lowest BCUT2D eigenvalue weighted by Crippen LogP contribution is -2.12. The minimum absolute atomic E-state index is 0.0473. The number of ether oxygens (including phenoxy) is 1. The fraction of sp³-hybridized carbons (Fsp3) is 0.231. The molecule has 0 aliphatic rings. The fourth-order valence-electron chi connectivity index (χ4n) is 1.63. The van der Waals surface area contributed by atoms with Gasteiger partial charge in [0.2, 0.25) is 5.88 Å². The average molecular weight is 310 g/mol. The van der Waals surface area contributed by atoms with Crippen LogP contribution >= 0.6 is 0 Å². The Labute approximate surface area is 121 Å². The molecule has 0 spiro atoms. The summed E-state index contributed by atoms with van der Waals surface area (Å²) in [6.07, 6.45) is 0.0888. The Hall–Kier alpha value is -2.35. The predicted octanol–water partition coefficient (Wildman–Crippen LogP) is 1.50. The number of carbonyl (C=O) groups is 1. The van der Waals surface area contributed by atoms with E-state index in [0.717, 1.165) is 0 Å². The summed E-state index contributed by atoms with van der Waals surface area (Å²) < 4.78 is 35.9. The first-order valence-corrected chi connectivity index (χ1v) is 7.51. The molecule has 112 valence electrons. The van der Waals surface area contributed by atoms with Gasteiger partial charge in [0.15, 0.2) is 0 Å². The van der Waals surface area contributed by atoms with Gasteiger partial charge in [0.25, 0.3) is 10.0 Å². The number of aromatic nitrogens is 1. The third-order valence-corrected chi connectivity index (χ3v) is 4.04. The van der Waals surface area contributed by atoms with Crippen molar-refractivity contribution in [2.24, 2.45) is 0 Å². The van der Waals surface area contributed by atoms with Crippen molar-refractivity contribution < 1.29 is 22.5 Å². The Bertz CT molecular complexity index is 734. The molecule has 21 heavy (non-hydrogen) atoms. The summed E-state index contributed by atoms with van der Waals surface area (Å²) in [6.45, 7) is 1.68. The van der Waals surface area contributed by atoms with E-state index in [9.17, 15) is 13.2 Å². The van der Waals surface area contributed by atoms with E-state index >= 15 is 0 Å². The Morgan fingerprint density at radius 3 is 2.52 bits per heavy atom. The second-order valence-electron chi connectivity index (χ2n) is 4.33. The van der Waals surface area contributed by atoms with E-state index in [4.69, 9.17) is 4.52 Å². The predicted molar refractivity (Wildman–Crippen MR) is 74.2 cm³/mol. The highest BCUT2D eigenvalue weighted by molar-refractivity contribution is 7.92. The van der Waals surface area contributed by atoms with Crippen molar-refractivity contribution in [2.45, 2.75) is 18.2 Å². The van der Waals surface area contributed by atoms with Gasteiger partial charge in [-0.3, -0.25) is 4.79 Å². The number of hydrogen-bond donors (Lipinski definition) is 1. The van der Waals surface area contributed by atoms with E-state index < -0.39 is 10.0 Å². The molecule has 1 heterocycles. The molecule has 0 bridgehead atoms. The van der Waals surface area contributed by atoms with Gasteiger partial charge in [-0.15, -0.1) is 0 Å². The van der Waals surface area contributed by atoms with Crippen molar-refractivity contribution in [3.8, 4) is 0 Å². The summed E-state index contributed by atoms with van der Waals surface area (Å²) in [6, 6.07) is 7.39. The van der Waals surface area contributed by atoms with Crippen LogP contribution in [0.5, 0.6) is 0 Å². The molecule has 1 aromatic heterocycles. The molecular formula is C13H14N2O5S. The quantitative estimate of drug-likeness (QED) is 0.840. The van der Waals surface area contributed by atoms with Gasteiger partial charge in [0, 0.05) is 6.07 Å². The zero-order valence-electron chi connectivity index (χ0n) is 11.5. The Morgan fingerprint density at radius 2 is 2.00 bits per heavy atom. The third-order valence-electron chi connectivity index (χ3n) is 2.67. The Balaban J connectivity index is 2.15. The highest BCUT2D eigenvalue weighted by Gasteiger charge is 2.16. The number of sulfonamides is 1. The van der Waals surface area contributed by atoms with Crippen molar-refractivity contribution in [1.82, 2.24) is 5.16 Å². The first-order chi connectivity index (χ1) is 9.90. The van der Waals surface area contributed by atoms with Crippen LogP contribution in [0.2, 0.25) is 0 Å². The maximum absolute atomic E-state index is 12.1. The zero-order valence-corrected chi connectivity index (χ0v) is 12.3. The monoisotopic (exact) mass is 310 g/mol. The highest BCUT2D eigenvalue weighted by Crippen LogP contribution is 2.17. The van der Waals surface area contributed by atoms with Gasteiger partial charge in [0.05, 0.1) is 24.1 Å². The van der Waals surface area contributed by atoms with E-state index in [2.05, 4.69) is 14.6 Å². The third kappa shape index (κ3) is 3.82. The normalized spacial score (nSPS) is 11.1. The van der Waals surface area contributed by atoms with E-state index in [1.54, 1.807) is 19.1 Å². The van der Waals surface area contributed by atoms with E-state index in [0.29, 0.717) is 11.3 Å².